The third-order valence-corrected chi connectivity index (χ3v) is 5.98. The van der Waals surface area contributed by atoms with Crippen molar-refractivity contribution < 1.29 is 0 Å². The molecule has 0 radical (unpaired) electrons. The zero-order valence-corrected chi connectivity index (χ0v) is 13.2. The van der Waals surface area contributed by atoms with E-state index in [1.807, 2.05) is 0 Å². The van der Waals surface area contributed by atoms with Gasteiger partial charge in [0.05, 0.1) is 5.69 Å². The molecule has 1 heterocycles. The van der Waals surface area contributed by atoms with Crippen molar-refractivity contribution >= 4 is 0 Å². The minimum atomic E-state index is 0.552. The van der Waals surface area contributed by atoms with Crippen LogP contribution < -0.4 is 5.32 Å². The van der Waals surface area contributed by atoms with Gasteiger partial charge in [-0.1, -0.05) is 12.1 Å². The topological polar surface area (TPSA) is 42.7 Å². The maximum Gasteiger partial charge on any atom is 0.0964 e. The van der Waals surface area contributed by atoms with Crippen molar-refractivity contribution in [2.24, 2.45) is 23.2 Å². The second-order valence-corrected chi connectivity index (χ2v) is 8.00. The molecular weight excluding hydrogens is 260 g/mol. The summed E-state index contributed by atoms with van der Waals surface area (Å²) in [6.07, 6.45) is 12.2. The van der Waals surface area contributed by atoms with Crippen molar-refractivity contribution in [1.29, 1.82) is 0 Å². The summed E-state index contributed by atoms with van der Waals surface area (Å²) in [4.78, 5) is 0. The van der Waals surface area contributed by atoms with Crippen LogP contribution in [0, 0.1) is 23.2 Å². The SMILES string of the molecule is CCCNCc1cn(CC23CC4CC(CC(C4)C2)C3)nn1. The zero-order valence-electron chi connectivity index (χ0n) is 13.2. The number of hydrogen-bond acceptors (Lipinski definition) is 3. The normalized spacial score (nSPS) is 37.3. The molecule has 1 aromatic rings. The first kappa shape index (κ1) is 13.7. The molecule has 4 fully saturated rings. The van der Waals surface area contributed by atoms with E-state index in [4.69, 9.17) is 0 Å². The molecule has 0 atom stereocenters. The summed E-state index contributed by atoms with van der Waals surface area (Å²) in [6, 6.07) is 0. The van der Waals surface area contributed by atoms with Crippen LogP contribution in [0.4, 0.5) is 0 Å². The Morgan fingerprint density at radius 2 is 1.86 bits per heavy atom. The van der Waals surface area contributed by atoms with E-state index in [0.717, 1.165) is 43.1 Å². The van der Waals surface area contributed by atoms with Crippen molar-refractivity contribution in [2.45, 2.75) is 65.0 Å². The van der Waals surface area contributed by atoms with Crippen LogP contribution in [-0.4, -0.2) is 21.5 Å². The molecule has 0 unspecified atom stereocenters. The molecule has 5 rings (SSSR count). The standard InChI is InChI=1S/C17H28N4/c1-2-3-18-10-16-11-21(20-19-16)12-17-7-13-4-14(8-17)6-15(5-13)9-17/h11,13-15,18H,2-10,12H2,1H3. The first-order valence-corrected chi connectivity index (χ1v) is 8.84. The Bertz CT molecular complexity index is 457. The maximum atomic E-state index is 4.40. The van der Waals surface area contributed by atoms with Gasteiger partial charge in [-0.2, -0.15) is 0 Å². The number of rotatable bonds is 6. The number of hydrogen-bond donors (Lipinski definition) is 1. The van der Waals surface area contributed by atoms with E-state index in [-0.39, 0.29) is 0 Å². The fraction of sp³-hybridized carbons (Fsp3) is 0.882. The molecule has 1 N–H and O–H groups in total. The van der Waals surface area contributed by atoms with Crippen molar-refractivity contribution in [3.63, 3.8) is 0 Å². The molecule has 4 bridgehead atoms. The summed E-state index contributed by atoms with van der Waals surface area (Å²) in [6.45, 7) is 5.21. The quantitative estimate of drug-likeness (QED) is 0.818. The van der Waals surface area contributed by atoms with Gasteiger partial charge in [-0.3, -0.25) is 4.68 Å². The van der Waals surface area contributed by atoms with Crippen LogP contribution in [0.5, 0.6) is 0 Å². The Hall–Kier alpha value is -0.900. The maximum absolute atomic E-state index is 4.40. The van der Waals surface area contributed by atoms with Gasteiger partial charge in [0.1, 0.15) is 0 Å². The van der Waals surface area contributed by atoms with Gasteiger partial charge in [0.15, 0.2) is 0 Å². The number of aromatic nitrogens is 3. The van der Waals surface area contributed by atoms with Crippen LogP contribution in [0.15, 0.2) is 6.20 Å². The second kappa shape index (κ2) is 5.38. The highest BCUT2D eigenvalue weighted by atomic mass is 15.4. The molecule has 4 saturated carbocycles. The molecule has 0 aliphatic heterocycles. The highest BCUT2D eigenvalue weighted by Gasteiger charge is 2.51. The first-order valence-electron chi connectivity index (χ1n) is 8.84. The van der Waals surface area contributed by atoms with E-state index in [1.54, 1.807) is 0 Å². The molecule has 4 heteroatoms. The summed E-state index contributed by atoms with van der Waals surface area (Å²) in [5, 5.41) is 12.1. The van der Waals surface area contributed by atoms with Gasteiger partial charge in [0.25, 0.3) is 0 Å². The van der Waals surface area contributed by atoms with Gasteiger partial charge in [-0.25, -0.2) is 0 Å². The Labute approximate surface area is 127 Å². The van der Waals surface area contributed by atoms with E-state index in [1.165, 1.54) is 44.9 Å². The van der Waals surface area contributed by atoms with Crippen molar-refractivity contribution in [3.05, 3.63) is 11.9 Å². The van der Waals surface area contributed by atoms with Crippen LogP contribution in [0.3, 0.4) is 0 Å². The highest BCUT2D eigenvalue weighted by molar-refractivity contribution is 5.02. The Kier molecular flexibility index (Phi) is 3.52. The van der Waals surface area contributed by atoms with Crippen LogP contribution >= 0.6 is 0 Å². The lowest BCUT2D eigenvalue weighted by Gasteiger charge is -2.56. The van der Waals surface area contributed by atoms with Gasteiger partial charge in [0, 0.05) is 19.3 Å². The van der Waals surface area contributed by atoms with Gasteiger partial charge in [-0.05, 0) is 74.7 Å². The van der Waals surface area contributed by atoms with E-state index in [0.29, 0.717) is 5.41 Å². The number of nitrogens with zero attached hydrogens (tertiary/aromatic N) is 3. The summed E-state index contributed by atoms with van der Waals surface area (Å²) < 4.78 is 2.14. The predicted octanol–water partition coefficient (Wildman–Crippen LogP) is 2.99. The molecule has 4 aliphatic rings. The van der Waals surface area contributed by atoms with Gasteiger partial charge >= 0.3 is 0 Å². The second-order valence-electron chi connectivity index (χ2n) is 8.00. The van der Waals surface area contributed by atoms with Crippen molar-refractivity contribution in [3.8, 4) is 0 Å². The summed E-state index contributed by atoms with van der Waals surface area (Å²) >= 11 is 0. The van der Waals surface area contributed by atoms with E-state index in [9.17, 15) is 0 Å². The van der Waals surface area contributed by atoms with E-state index < -0.39 is 0 Å². The Morgan fingerprint density at radius 3 is 2.48 bits per heavy atom. The lowest BCUT2D eigenvalue weighted by atomic mass is 9.49. The third kappa shape index (κ3) is 2.75. The van der Waals surface area contributed by atoms with E-state index >= 15 is 0 Å². The Morgan fingerprint density at radius 1 is 1.19 bits per heavy atom. The predicted molar refractivity (Wildman–Crippen MR) is 82.6 cm³/mol. The molecule has 21 heavy (non-hydrogen) atoms. The average molecular weight is 288 g/mol. The van der Waals surface area contributed by atoms with Gasteiger partial charge in [0.2, 0.25) is 0 Å². The third-order valence-electron chi connectivity index (χ3n) is 5.98. The van der Waals surface area contributed by atoms with Crippen LogP contribution in [-0.2, 0) is 13.1 Å². The molecule has 0 saturated heterocycles. The Balaban J connectivity index is 1.41. The zero-order chi connectivity index (χ0) is 14.3. The molecule has 4 aliphatic carbocycles. The molecule has 4 nitrogen and oxygen atoms in total. The van der Waals surface area contributed by atoms with Crippen molar-refractivity contribution in [2.75, 3.05) is 6.54 Å². The molecule has 0 amide bonds. The van der Waals surface area contributed by atoms with Crippen LogP contribution in [0.25, 0.3) is 0 Å². The molecule has 1 aromatic heterocycles. The summed E-state index contributed by atoms with van der Waals surface area (Å²) in [5.41, 5.74) is 1.64. The van der Waals surface area contributed by atoms with Crippen LogP contribution in [0.2, 0.25) is 0 Å². The molecule has 116 valence electrons. The first-order chi connectivity index (χ1) is 10.2. The molecular formula is C17H28N4. The minimum Gasteiger partial charge on any atom is -0.311 e. The smallest absolute Gasteiger partial charge is 0.0964 e. The van der Waals surface area contributed by atoms with Gasteiger partial charge in [-0.15, -0.1) is 5.10 Å². The minimum absolute atomic E-state index is 0.552. The lowest BCUT2D eigenvalue weighted by molar-refractivity contribution is -0.0637. The van der Waals surface area contributed by atoms with E-state index in [2.05, 4.69) is 33.4 Å². The molecule has 0 spiro atoms. The average Bonchev–Trinajstić information content (AvgIpc) is 2.84. The summed E-state index contributed by atoms with van der Waals surface area (Å²) in [5.74, 6) is 3.06. The van der Waals surface area contributed by atoms with Crippen LogP contribution in [0.1, 0.15) is 57.6 Å². The van der Waals surface area contributed by atoms with Crippen molar-refractivity contribution in [1.82, 2.24) is 20.3 Å². The monoisotopic (exact) mass is 288 g/mol. The highest BCUT2D eigenvalue weighted by Crippen LogP contribution is 2.60. The largest absolute Gasteiger partial charge is 0.311 e. The lowest BCUT2D eigenvalue weighted by Crippen LogP contribution is -2.48. The van der Waals surface area contributed by atoms with Gasteiger partial charge < -0.3 is 5.32 Å². The fourth-order valence-corrected chi connectivity index (χ4v) is 5.72. The summed E-state index contributed by atoms with van der Waals surface area (Å²) in [7, 11) is 0. The fourth-order valence-electron chi connectivity index (χ4n) is 5.72. The number of nitrogens with one attached hydrogen (secondary N) is 1. The molecule has 0 aromatic carbocycles.